The minimum absolute atomic E-state index is 0.113. The van der Waals surface area contributed by atoms with Crippen molar-refractivity contribution in [3.05, 3.63) is 28.2 Å². The van der Waals surface area contributed by atoms with Crippen LogP contribution in [-0.2, 0) is 11.3 Å². The molecule has 1 aromatic rings. The Labute approximate surface area is 116 Å². The van der Waals surface area contributed by atoms with Gasteiger partial charge >= 0.3 is 5.97 Å². The van der Waals surface area contributed by atoms with Crippen LogP contribution in [0.3, 0.4) is 0 Å². The Bertz CT molecular complexity index is 539. The van der Waals surface area contributed by atoms with Gasteiger partial charge in [0.15, 0.2) is 0 Å². The summed E-state index contributed by atoms with van der Waals surface area (Å²) in [5.41, 5.74) is -0.150. The average molecular weight is 281 g/mol. The standard InChI is InChI=1S/C13H19N3O4/c1-3-7-16-11(17)6-5-10(15-16)13(20)14-9(4-2)8-12(18)19/h5-6,9H,3-4,7-8H2,1-2H3,(H,14,20)(H,18,19). The second-order valence-electron chi connectivity index (χ2n) is 4.46. The first-order valence-corrected chi connectivity index (χ1v) is 6.58. The minimum atomic E-state index is -0.971. The molecule has 2 N–H and O–H groups in total. The Morgan fingerprint density at radius 3 is 2.65 bits per heavy atom. The number of amides is 1. The number of rotatable bonds is 7. The second-order valence-corrected chi connectivity index (χ2v) is 4.46. The topological polar surface area (TPSA) is 101 Å². The quantitative estimate of drug-likeness (QED) is 0.763. The Balaban J connectivity index is 2.83. The molecule has 0 saturated carbocycles. The number of aliphatic carboxylic acids is 1. The highest BCUT2D eigenvalue weighted by molar-refractivity contribution is 5.92. The van der Waals surface area contributed by atoms with Crippen LogP contribution >= 0.6 is 0 Å². The van der Waals surface area contributed by atoms with Gasteiger partial charge in [0.25, 0.3) is 11.5 Å². The molecule has 20 heavy (non-hydrogen) atoms. The molecule has 1 heterocycles. The van der Waals surface area contributed by atoms with E-state index in [0.29, 0.717) is 13.0 Å². The third-order valence-electron chi connectivity index (χ3n) is 2.78. The zero-order valence-corrected chi connectivity index (χ0v) is 11.6. The third kappa shape index (κ3) is 4.49. The van der Waals surface area contributed by atoms with Crippen molar-refractivity contribution in [3.63, 3.8) is 0 Å². The molecule has 0 spiro atoms. The van der Waals surface area contributed by atoms with Crippen molar-refractivity contribution in [1.29, 1.82) is 0 Å². The summed E-state index contributed by atoms with van der Waals surface area (Å²) in [6, 6.07) is 2.18. The van der Waals surface area contributed by atoms with E-state index in [-0.39, 0.29) is 17.7 Å². The largest absolute Gasteiger partial charge is 0.481 e. The number of hydrogen-bond donors (Lipinski definition) is 2. The van der Waals surface area contributed by atoms with Gasteiger partial charge in [-0.15, -0.1) is 0 Å². The van der Waals surface area contributed by atoms with Crippen LogP contribution in [0.25, 0.3) is 0 Å². The molecular formula is C13H19N3O4. The lowest BCUT2D eigenvalue weighted by atomic mass is 10.1. The molecular weight excluding hydrogens is 262 g/mol. The summed E-state index contributed by atoms with van der Waals surface area (Å²) in [7, 11) is 0. The van der Waals surface area contributed by atoms with Gasteiger partial charge in [0.05, 0.1) is 6.42 Å². The predicted octanol–water partition coefficient (Wildman–Crippen LogP) is 0.636. The first-order chi connectivity index (χ1) is 9.47. The number of carbonyl (C=O) groups excluding carboxylic acids is 1. The maximum absolute atomic E-state index is 12.0. The van der Waals surface area contributed by atoms with Crippen LogP contribution in [0.4, 0.5) is 0 Å². The van der Waals surface area contributed by atoms with Gasteiger partial charge in [0.1, 0.15) is 5.69 Å². The van der Waals surface area contributed by atoms with Gasteiger partial charge in [-0.2, -0.15) is 5.10 Å². The zero-order chi connectivity index (χ0) is 15.1. The van der Waals surface area contributed by atoms with Crippen LogP contribution < -0.4 is 10.9 Å². The number of carbonyl (C=O) groups is 2. The zero-order valence-electron chi connectivity index (χ0n) is 11.6. The first-order valence-electron chi connectivity index (χ1n) is 6.58. The van der Waals surface area contributed by atoms with Crippen molar-refractivity contribution in [3.8, 4) is 0 Å². The molecule has 0 bridgehead atoms. The number of hydrogen-bond acceptors (Lipinski definition) is 4. The van der Waals surface area contributed by atoms with Crippen LogP contribution in [0.1, 0.15) is 43.6 Å². The summed E-state index contributed by atoms with van der Waals surface area (Å²) in [5, 5.41) is 15.3. The molecule has 0 fully saturated rings. The average Bonchev–Trinajstić information content (AvgIpc) is 2.40. The number of carboxylic acid groups (broad SMARTS) is 1. The van der Waals surface area contributed by atoms with Crippen LogP contribution in [-0.4, -0.2) is 32.8 Å². The van der Waals surface area contributed by atoms with E-state index in [2.05, 4.69) is 10.4 Å². The molecule has 1 atom stereocenters. The Hall–Kier alpha value is -2.18. The fourth-order valence-corrected chi connectivity index (χ4v) is 1.71. The maximum Gasteiger partial charge on any atom is 0.305 e. The van der Waals surface area contributed by atoms with Gasteiger partial charge in [0.2, 0.25) is 0 Å². The Kier molecular flexibility index (Phi) is 5.89. The molecule has 1 unspecified atom stereocenters. The molecule has 0 aliphatic rings. The monoisotopic (exact) mass is 281 g/mol. The summed E-state index contributed by atoms with van der Waals surface area (Å²) >= 11 is 0. The Morgan fingerprint density at radius 1 is 1.40 bits per heavy atom. The number of nitrogens with one attached hydrogen (secondary N) is 1. The highest BCUT2D eigenvalue weighted by atomic mass is 16.4. The van der Waals surface area contributed by atoms with Crippen molar-refractivity contribution < 1.29 is 14.7 Å². The molecule has 1 rings (SSSR count). The van der Waals surface area contributed by atoms with Crippen molar-refractivity contribution in [1.82, 2.24) is 15.1 Å². The molecule has 1 aromatic heterocycles. The third-order valence-corrected chi connectivity index (χ3v) is 2.78. The Morgan fingerprint density at radius 2 is 2.10 bits per heavy atom. The lowest BCUT2D eigenvalue weighted by Crippen LogP contribution is -2.37. The molecule has 0 radical (unpaired) electrons. The SMILES string of the molecule is CCCn1nc(C(=O)NC(CC)CC(=O)O)ccc1=O. The van der Waals surface area contributed by atoms with E-state index in [9.17, 15) is 14.4 Å². The second kappa shape index (κ2) is 7.42. The van der Waals surface area contributed by atoms with Gasteiger partial charge in [-0.3, -0.25) is 14.4 Å². The molecule has 0 aromatic carbocycles. The van der Waals surface area contributed by atoms with Crippen molar-refractivity contribution >= 4 is 11.9 Å². The number of aromatic nitrogens is 2. The summed E-state index contributed by atoms with van der Waals surface area (Å²) in [5.74, 6) is -1.44. The van der Waals surface area contributed by atoms with Gasteiger partial charge in [-0.05, 0) is 18.9 Å². The van der Waals surface area contributed by atoms with Gasteiger partial charge in [0, 0.05) is 18.7 Å². The van der Waals surface area contributed by atoms with Crippen LogP contribution in [0.15, 0.2) is 16.9 Å². The summed E-state index contributed by atoms with van der Waals surface area (Å²) in [6.45, 7) is 4.13. The number of carboxylic acids is 1. The minimum Gasteiger partial charge on any atom is -0.481 e. The summed E-state index contributed by atoms with van der Waals surface area (Å²) < 4.78 is 1.23. The lowest BCUT2D eigenvalue weighted by molar-refractivity contribution is -0.137. The smallest absolute Gasteiger partial charge is 0.305 e. The number of aryl methyl sites for hydroxylation is 1. The van der Waals surface area contributed by atoms with Gasteiger partial charge in [-0.1, -0.05) is 13.8 Å². The molecule has 0 aliphatic carbocycles. The van der Waals surface area contributed by atoms with E-state index in [1.165, 1.54) is 16.8 Å². The maximum atomic E-state index is 12.0. The fraction of sp³-hybridized carbons (Fsp3) is 0.538. The van der Waals surface area contributed by atoms with E-state index in [0.717, 1.165) is 6.42 Å². The molecule has 1 amide bonds. The van der Waals surface area contributed by atoms with E-state index in [4.69, 9.17) is 5.11 Å². The van der Waals surface area contributed by atoms with Crippen molar-refractivity contribution in [2.24, 2.45) is 0 Å². The van der Waals surface area contributed by atoms with Crippen LogP contribution in [0.2, 0.25) is 0 Å². The first kappa shape index (κ1) is 15.9. The molecule has 0 aliphatic heterocycles. The highest BCUT2D eigenvalue weighted by Gasteiger charge is 2.16. The normalized spacial score (nSPS) is 11.9. The highest BCUT2D eigenvalue weighted by Crippen LogP contribution is 2.00. The lowest BCUT2D eigenvalue weighted by Gasteiger charge is -2.14. The van der Waals surface area contributed by atoms with Crippen molar-refractivity contribution in [2.45, 2.75) is 45.7 Å². The van der Waals surface area contributed by atoms with Crippen molar-refractivity contribution in [2.75, 3.05) is 0 Å². The van der Waals surface area contributed by atoms with E-state index < -0.39 is 17.9 Å². The predicted molar refractivity (Wildman–Crippen MR) is 72.6 cm³/mol. The molecule has 110 valence electrons. The van der Waals surface area contributed by atoms with Crippen LogP contribution in [0.5, 0.6) is 0 Å². The van der Waals surface area contributed by atoms with E-state index in [1.54, 1.807) is 6.92 Å². The molecule has 0 saturated heterocycles. The van der Waals surface area contributed by atoms with Gasteiger partial charge < -0.3 is 10.4 Å². The number of nitrogens with zero attached hydrogens (tertiary/aromatic N) is 2. The fourth-order valence-electron chi connectivity index (χ4n) is 1.71. The van der Waals surface area contributed by atoms with E-state index in [1.807, 2.05) is 6.92 Å². The van der Waals surface area contributed by atoms with Crippen LogP contribution in [0, 0.1) is 0 Å². The van der Waals surface area contributed by atoms with E-state index >= 15 is 0 Å². The summed E-state index contributed by atoms with van der Waals surface area (Å²) in [6.07, 6.45) is 1.10. The van der Waals surface area contributed by atoms with Gasteiger partial charge in [-0.25, -0.2) is 4.68 Å². The summed E-state index contributed by atoms with van der Waals surface area (Å²) in [4.78, 5) is 34.1. The molecule has 7 heteroatoms. The molecule has 7 nitrogen and oxygen atoms in total.